The fourth-order valence-corrected chi connectivity index (χ4v) is 21.1. The molecule has 8 nitrogen and oxygen atoms in total. The lowest BCUT2D eigenvalue weighted by Gasteiger charge is -2.70. The smallest absolute Gasteiger partial charge is 0.311 e. The minimum atomic E-state index is -0.466. The van der Waals surface area contributed by atoms with Gasteiger partial charge in [-0.2, -0.15) is 0 Å². The van der Waals surface area contributed by atoms with Gasteiger partial charge in [0.25, 0.3) is 0 Å². The third kappa shape index (κ3) is 7.78. The summed E-state index contributed by atoms with van der Waals surface area (Å²) in [5.74, 6) is 2.18. The van der Waals surface area contributed by atoms with E-state index in [1.54, 1.807) is 0 Å². The molecule has 73 heavy (non-hydrogen) atoms. The van der Waals surface area contributed by atoms with Crippen molar-refractivity contribution < 1.29 is 33.8 Å². The van der Waals surface area contributed by atoms with E-state index in [9.17, 15) is 19.2 Å². The number of nitrogens with two attached hydrogens (primary N) is 1. The summed E-state index contributed by atoms with van der Waals surface area (Å²) in [6.45, 7) is 37.7. The van der Waals surface area contributed by atoms with E-state index in [0.29, 0.717) is 23.4 Å². The summed E-state index contributed by atoms with van der Waals surface area (Å²) in [7, 11) is 4.03. The van der Waals surface area contributed by atoms with Crippen molar-refractivity contribution in [2.24, 2.45) is 106 Å². The second-order valence-electron chi connectivity index (χ2n) is 30.3. The van der Waals surface area contributed by atoms with E-state index in [2.05, 4.69) is 116 Å². The minimum absolute atomic E-state index is 0. The fraction of sp³-hybridized carbons (Fsp3) is 0.846. The highest BCUT2D eigenvalue weighted by Gasteiger charge is 2.72. The molecule has 3 N–H and O–H groups in total. The zero-order valence-corrected chi connectivity index (χ0v) is 48.6. The van der Waals surface area contributed by atoms with E-state index in [0.717, 1.165) is 103 Å². The molecule has 0 aromatic rings. The molecule has 10 rings (SSSR count). The Morgan fingerprint density at radius 3 is 1.36 bits per heavy atom. The number of methoxy groups -OCH3 is 2. The van der Waals surface area contributed by atoms with Crippen LogP contribution in [0.15, 0.2) is 35.5 Å². The van der Waals surface area contributed by atoms with Crippen molar-refractivity contribution in [1.29, 1.82) is 0 Å². The van der Waals surface area contributed by atoms with Gasteiger partial charge in [0.05, 0.1) is 25.0 Å². The van der Waals surface area contributed by atoms with Gasteiger partial charge in [0.1, 0.15) is 0 Å². The van der Waals surface area contributed by atoms with Crippen LogP contribution in [-0.4, -0.2) is 56.0 Å². The molecule has 0 spiro atoms. The molecule has 0 radical (unpaired) electrons. The molecule has 412 valence electrons. The molecule has 0 amide bonds. The van der Waals surface area contributed by atoms with Crippen molar-refractivity contribution >= 4 is 23.5 Å². The van der Waals surface area contributed by atoms with Crippen LogP contribution in [0.5, 0.6) is 0 Å². The van der Waals surface area contributed by atoms with Gasteiger partial charge in [-0.1, -0.05) is 114 Å². The molecule has 0 aliphatic heterocycles. The normalized spacial score (nSPS) is 49.7. The molecule has 0 aromatic heterocycles. The summed E-state index contributed by atoms with van der Waals surface area (Å²) in [5, 5.41) is 7.00. The van der Waals surface area contributed by atoms with E-state index in [1.807, 2.05) is 0 Å². The number of aliphatic hydroxyl groups excluding tert-OH is 1. The number of esters is 2. The highest BCUT2D eigenvalue weighted by molar-refractivity contribution is 5.96. The van der Waals surface area contributed by atoms with Gasteiger partial charge in [0.2, 0.25) is 0 Å². The van der Waals surface area contributed by atoms with Crippen LogP contribution in [0.3, 0.4) is 0 Å². The Kier molecular flexibility index (Phi) is 14.5. The summed E-state index contributed by atoms with van der Waals surface area (Å²) in [6, 6.07) is 0.207. The Balaban J connectivity index is 0.000000204. The van der Waals surface area contributed by atoms with E-state index < -0.39 is 10.8 Å². The summed E-state index contributed by atoms with van der Waals surface area (Å²) in [6.07, 6.45) is 23.0. The molecule has 0 aromatic carbocycles. The number of fused-ring (bicyclic) bond motifs is 14. The number of carbonyl (C=O) groups excluding carboxylic acids is 4. The van der Waals surface area contributed by atoms with Crippen LogP contribution in [-0.2, 0) is 28.7 Å². The summed E-state index contributed by atoms with van der Waals surface area (Å²) < 4.78 is 10.5. The van der Waals surface area contributed by atoms with Crippen molar-refractivity contribution in [1.82, 2.24) is 0 Å². The predicted octanol–water partition coefficient (Wildman–Crippen LogP) is 14.4. The van der Waals surface area contributed by atoms with Crippen LogP contribution in [0.1, 0.15) is 220 Å². The summed E-state index contributed by atoms with van der Waals surface area (Å²) >= 11 is 0. The van der Waals surface area contributed by atoms with Crippen LogP contribution in [0.2, 0.25) is 0 Å². The van der Waals surface area contributed by atoms with Crippen molar-refractivity contribution in [3.05, 3.63) is 35.5 Å². The van der Waals surface area contributed by atoms with E-state index in [4.69, 9.17) is 20.3 Å². The number of carbonyl (C=O) groups is 4. The zero-order chi connectivity index (χ0) is 53.6. The molecular formula is C65H105NO7. The number of hydrogen-bond donors (Lipinski definition) is 2. The lowest BCUT2D eigenvalue weighted by molar-refractivity contribution is -0.188. The summed E-state index contributed by atoms with van der Waals surface area (Å²) in [4.78, 5) is 54.3. The van der Waals surface area contributed by atoms with Crippen molar-refractivity contribution in [3.8, 4) is 0 Å². The molecule has 8 saturated carbocycles. The number of hydrogen-bond acceptors (Lipinski definition) is 8. The highest BCUT2D eigenvalue weighted by Crippen LogP contribution is 2.77. The van der Waals surface area contributed by atoms with E-state index in [1.165, 1.54) is 50.2 Å². The van der Waals surface area contributed by atoms with E-state index in [-0.39, 0.29) is 103 Å². The Morgan fingerprint density at radius 1 is 0.562 bits per heavy atom. The largest absolute Gasteiger partial charge is 0.469 e. The zero-order valence-electron chi connectivity index (χ0n) is 48.6. The number of aliphatic hydroxyl groups is 1. The van der Waals surface area contributed by atoms with Gasteiger partial charge in [-0.3, -0.25) is 19.2 Å². The molecule has 0 bridgehead atoms. The maximum Gasteiger partial charge on any atom is 0.311 e. The van der Waals surface area contributed by atoms with Crippen molar-refractivity contribution in [2.75, 3.05) is 21.3 Å². The van der Waals surface area contributed by atoms with Gasteiger partial charge in [0.15, 0.2) is 11.6 Å². The Labute approximate surface area is 444 Å². The third-order valence-corrected chi connectivity index (χ3v) is 26.6. The standard InChI is InChI=1S/C32H48O3.C31H49NO3.CH4O.CH4/c1-20-10-12-30(6)24(27(20,2)3)11-13-32(8)25(30)23(33)18-21-22-19-29(5,26(34)35-9)15-14-28(22,4)16-17-31(21,32)7;1-26(2)22-9-12-31(7)24(29(22,5)11-10-23(26)32)21(33)17-19-20-18-28(4,25(34)35-8)14-13-27(20,3)15-16-30(19,31)6;1-2;/h18,22,24-25H,1,10-17,19H2,2-9H3;17,20,22-24H,9-16,18,32H2,1-8H3;2H,1H3;1H4/t22-,24-,25+,28+,29-,30-,31+,32+;20-,22-,23?,24+,27+,28-,29-,30+,31+;;/m00../s1. The first-order chi connectivity index (χ1) is 33.2. The molecular weight excluding hydrogens is 907 g/mol. The first-order valence-corrected chi connectivity index (χ1v) is 28.8. The monoisotopic (exact) mass is 1010 g/mol. The van der Waals surface area contributed by atoms with Crippen molar-refractivity contribution in [3.63, 3.8) is 0 Å². The maximum atomic E-state index is 14.3. The highest BCUT2D eigenvalue weighted by atomic mass is 16.5. The average Bonchev–Trinajstić information content (AvgIpc) is 3.32. The molecule has 1 unspecified atom stereocenters. The first kappa shape index (κ1) is 58.1. The van der Waals surface area contributed by atoms with Crippen LogP contribution in [0.4, 0.5) is 0 Å². The second kappa shape index (κ2) is 18.3. The Hall–Kier alpha value is -2.58. The number of ketones is 2. The van der Waals surface area contributed by atoms with Gasteiger partial charge in [-0.25, -0.2) is 0 Å². The lowest BCUT2D eigenvalue weighted by Crippen LogP contribution is -2.67. The lowest BCUT2D eigenvalue weighted by atomic mass is 9.33. The maximum absolute atomic E-state index is 14.3. The Bertz CT molecular complexity index is 2330. The van der Waals surface area contributed by atoms with Crippen LogP contribution in [0.25, 0.3) is 0 Å². The first-order valence-electron chi connectivity index (χ1n) is 28.8. The SMILES string of the molecule is C.C=C1CC[C@]2(C)[C@H]3C(=O)C=C4[C@@H]5C[C@@](C)(C(=O)OC)CC[C@]5(C)CC[C@@]4(C)[C@]3(C)CC[C@H]2C1(C)C.CO.COC(=O)[C@@]1(C)CC[C@]2(C)CC[C@]3(C)C(=CC(=O)[C@@H]4[C@@]5(C)CCC(N)C(C)(C)[C@@H]5CC[C@]43C)[C@@H]2C1. The third-order valence-electron chi connectivity index (χ3n) is 26.6. The quantitative estimate of drug-likeness (QED) is 0.206. The van der Waals surface area contributed by atoms with Gasteiger partial charge in [-0.15, -0.1) is 0 Å². The number of ether oxygens (including phenoxy) is 2. The van der Waals surface area contributed by atoms with E-state index >= 15 is 0 Å². The number of rotatable bonds is 2. The molecule has 8 heteroatoms. The average molecular weight is 1010 g/mol. The molecule has 0 saturated heterocycles. The summed E-state index contributed by atoms with van der Waals surface area (Å²) in [5.41, 5.74) is 10.2. The van der Waals surface area contributed by atoms with Gasteiger partial charge in [-0.05, 0) is 219 Å². The number of allylic oxidation sites excluding steroid dienone is 5. The van der Waals surface area contributed by atoms with Crippen LogP contribution in [0, 0.1) is 100 Å². The Morgan fingerprint density at radius 2 is 0.945 bits per heavy atom. The minimum Gasteiger partial charge on any atom is -0.469 e. The predicted molar refractivity (Wildman–Crippen MR) is 295 cm³/mol. The van der Waals surface area contributed by atoms with Crippen LogP contribution < -0.4 is 5.73 Å². The van der Waals surface area contributed by atoms with Gasteiger partial charge >= 0.3 is 11.9 Å². The van der Waals surface area contributed by atoms with Crippen molar-refractivity contribution in [2.45, 2.75) is 226 Å². The fourth-order valence-electron chi connectivity index (χ4n) is 21.1. The van der Waals surface area contributed by atoms with Gasteiger partial charge in [0, 0.05) is 25.0 Å². The second-order valence-corrected chi connectivity index (χ2v) is 30.3. The van der Waals surface area contributed by atoms with Gasteiger partial charge < -0.3 is 20.3 Å². The molecule has 10 aliphatic rings. The molecule has 17 atom stereocenters. The topological polar surface area (TPSA) is 133 Å². The molecule has 10 aliphatic carbocycles. The molecule has 0 heterocycles. The van der Waals surface area contributed by atoms with Crippen LogP contribution >= 0.6 is 0 Å². The molecule has 8 fully saturated rings.